The van der Waals surface area contributed by atoms with E-state index in [0.717, 1.165) is 5.56 Å². The van der Waals surface area contributed by atoms with Crippen LogP contribution in [-0.2, 0) is 9.53 Å². The SMILES string of the molecule is CC(OC(=O)c1ccccc1Oc1cccnc1)C(=O)NC(C)c1ccccc1. The largest absolute Gasteiger partial charge is 0.455 e. The molecule has 6 heteroatoms. The van der Waals surface area contributed by atoms with Gasteiger partial charge in [-0.25, -0.2) is 4.79 Å². The van der Waals surface area contributed by atoms with Gasteiger partial charge < -0.3 is 14.8 Å². The highest BCUT2D eigenvalue weighted by Gasteiger charge is 2.23. The first-order valence-corrected chi connectivity index (χ1v) is 9.28. The fourth-order valence-electron chi connectivity index (χ4n) is 2.69. The highest BCUT2D eigenvalue weighted by molar-refractivity contribution is 5.94. The first kappa shape index (κ1) is 20.1. The molecule has 3 rings (SSSR count). The van der Waals surface area contributed by atoms with Crippen LogP contribution < -0.4 is 10.1 Å². The number of benzene rings is 2. The lowest BCUT2D eigenvalue weighted by Crippen LogP contribution is -2.37. The van der Waals surface area contributed by atoms with Crippen LogP contribution in [0.5, 0.6) is 11.5 Å². The molecule has 0 aliphatic carbocycles. The highest BCUT2D eigenvalue weighted by Crippen LogP contribution is 2.25. The van der Waals surface area contributed by atoms with E-state index in [-0.39, 0.29) is 17.5 Å². The van der Waals surface area contributed by atoms with E-state index in [1.807, 2.05) is 37.3 Å². The number of nitrogens with one attached hydrogen (secondary N) is 1. The Kier molecular flexibility index (Phi) is 6.58. The van der Waals surface area contributed by atoms with Gasteiger partial charge >= 0.3 is 5.97 Å². The van der Waals surface area contributed by atoms with Crippen molar-refractivity contribution in [2.75, 3.05) is 0 Å². The second-order valence-corrected chi connectivity index (χ2v) is 6.48. The molecule has 0 spiro atoms. The molecule has 0 fully saturated rings. The van der Waals surface area contributed by atoms with Crippen LogP contribution in [0.3, 0.4) is 0 Å². The van der Waals surface area contributed by atoms with E-state index in [1.165, 1.54) is 6.92 Å². The van der Waals surface area contributed by atoms with Crippen molar-refractivity contribution < 1.29 is 19.1 Å². The molecule has 29 heavy (non-hydrogen) atoms. The van der Waals surface area contributed by atoms with Crippen molar-refractivity contribution in [3.63, 3.8) is 0 Å². The minimum absolute atomic E-state index is 0.203. The number of para-hydroxylation sites is 1. The van der Waals surface area contributed by atoms with Crippen LogP contribution in [0.2, 0.25) is 0 Å². The molecule has 148 valence electrons. The number of hydrogen-bond donors (Lipinski definition) is 1. The van der Waals surface area contributed by atoms with Crippen LogP contribution in [0.15, 0.2) is 79.1 Å². The smallest absolute Gasteiger partial charge is 0.342 e. The van der Waals surface area contributed by atoms with E-state index in [9.17, 15) is 9.59 Å². The molecule has 2 atom stereocenters. The number of hydrogen-bond acceptors (Lipinski definition) is 5. The maximum Gasteiger partial charge on any atom is 0.342 e. The van der Waals surface area contributed by atoms with Gasteiger partial charge in [0.15, 0.2) is 6.10 Å². The second kappa shape index (κ2) is 9.50. The van der Waals surface area contributed by atoms with Gasteiger partial charge in [0.1, 0.15) is 17.1 Å². The molecule has 6 nitrogen and oxygen atoms in total. The monoisotopic (exact) mass is 390 g/mol. The second-order valence-electron chi connectivity index (χ2n) is 6.48. The molecule has 1 heterocycles. The van der Waals surface area contributed by atoms with Crippen LogP contribution in [0.4, 0.5) is 0 Å². The van der Waals surface area contributed by atoms with Gasteiger partial charge in [-0.15, -0.1) is 0 Å². The van der Waals surface area contributed by atoms with Crippen molar-refractivity contribution in [3.05, 3.63) is 90.3 Å². The Hall–Kier alpha value is -3.67. The molecule has 0 saturated carbocycles. The summed E-state index contributed by atoms with van der Waals surface area (Å²) in [5.41, 5.74) is 1.20. The molecule has 2 aromatic carbocycles. The Morgan fingerprint density at radius 1 is 0.931 bits per heavy atom. The van der Waals surface area contributed by atoms with E-state index in [0.29, 0.717) is 11.5 Å². The number of amides is 1. The maximum absolute atomic E-state index is 12.6. The van der Waals surface area contributed by atoms with Gasteiger partial charge in [-0.05, 0) is 43.7 Å². The number of aromatic nitrogens is 1. The Bertz CT molecular complexity index is 961. The predicted octanol–water partition coefficient (Wildman–Crippen LogP) is 4.30. The molecule has 2 unspecified atom stereocenters. The molecule has 1 N–H and O–H groups in total. The summed E-state index contributed by atoms with van der Waals surface area (Å²) in [6, 6.07) is 19.5. The minimum Gasteiger partial charge on any atom is -0.455 e. The molecule has 0 radical (unpaired) electrons. The van der Waals surface area contributed by atoms with Gasteiger partial charge in [-0.2, -0.15) is 0 Å². The molecule has 1 amide bonds. The zero-order valence-electron chi connectivity index (χ0n) is 16.2. The molecule has 0 bridgehead atoms. The van der Waals surface area contributed by atoms with Crippen LogP contribution >= 0.6 is 0 Å². The summed E-state index contributed by atoms with van der Waals surface area (Å²) in [4.78, 5) is 29.1. The third-order valence-electron chi connectivity index (χ3n) is 4.28. The Morgan fingerprint density at radius 2 is 1.66 bits per heavy atom. The molecule has 3 aromatic rings. The third kappa shape index (κ3) is 5.42. The molecule has 0 aliphatic heterocycles. The molecule has 0 aliphatic rings. The third-order valence-corrected chi connectivity index (χ3v) is 4.28. The van der Waals surface area contributed by atoms with Gasteiger partial charge in [-0.3, -0.25) is 9.78 Å². The number of rotatable bonds is 7. The lowest BCUT2D eigenvalue weighted by atomic mass is 10.1. The van der Waals surface area contributed by atoms with Crippen molar-refractivity contribution in [2.24, 2.45) is 0 Å². The summed E-state index contributed by atoms with van der Waals surface area (Å²) < 4.78 is 11.1. The molecule has 1 aromatic heterocycles. The maximum atomic E-state index is 12.6. The summed E-state index contributed by atoms with van der Waals surface area (Å²) >= 11 is 0. The number of nitrogens with zero attached hydrogens (tertiary/aromatic N) is 1. The van der Waals surface area contributed by atoms with Gasteiger partial charge in [0.2, 0.25) is 0 Å². The lowest BCUT2D eigenvalue weighted by molar-refractivity contribution is -0.129. The summed E-state index contributed by atoms with van der Waals surface area (Å²) in [6.45, 7) is 3.41. The molecule has 0 saturated heterocycles. The zero-order chi connectivity index (χ0) is 20.6. The minimum atomic E-state index is -0.958. The topological polar surface area (TPSA) is 77.5 Å². The number of carbonyl (C=O) groups is 2. The van der Waals surface area contributed by atoms with Gasteiger partial charge in [0.25, 0.3) is 5.91 Å². The van der Waals surface area contributed by atoms with Crippen LogP contribution in [0.25, 0.3) is 0 Å². The predicted molar refractivity (Wildman–Crippen MR) is 109 cm³/mol. The Morgan fingerprint density at radius 3 is 2.38 bits per heavy atom. The lowest BCUT2D eigenvalue weighted by Gasteiger charge is -2.19. The van der Waals surface area contributed by atoms with Crippen molar-refractivity contribution >= 4 is 11.9 Å². The normalized spacial score (nSPS) is 12.5. The Balaban J connectivity index is 1.64. The van der Waals surface area contributed by atoms with Crippen molar-refractivity contribution in [3.8, 4) is 11.5 Å². The van der Waals surface area contributed by atoms with E-state index >= 15 is 0 Å². The van der Waals surface area contributed by atoms with Crippen molar-refractivity contribution in [1.29, 1.82) is 0 Å². The first-order valence-electron chi connectivity index (χ1n) is 9.28. The number of ether oxygens (including phenoxy) is 2. The van der Waals surface area contributed by atoms with Crippen molar-refractivity contribution in [2.45, 2.75) is 26.0 Å². The summed E-state index contributed by atoms with van der Waals surface area (Å²) in [5, 5.41) is 2.85. The van der Waals surface area contributed by atoms with Crippen molar-refractivity contribution in [1.82, 2.24) is 10.3 Å². The van der Waals surface area contributed by atoms with E-state index in [4.69, 9.17) is 9.47 Å². The average molecular weight is 390 g/mol. The molecular weight excluding hydrogens is 368 g/mol. The fraction of sp³-hybridized carbons (Fsp3) is 0.174. The van der Waals surface area contributed by atoms with Gasteiger partial charge in [0.05, 0.1) is 12.2 Å². The number of esters is 1. The zero-order valence-corrected chi connectivity index (χ0v) is 16.2. The summed E-state index contributed by atoms with van der Waals surface area (Å²) in [5.74, 6) is -0.189. The Labute approximate surface area is 169 Å². The number of pyridine rings is 1. The van der Waals surface area contributed by atoms with Crippen LogP contribution in [-0.4, -0.2) is 23.0 Å². The fourth-order valence-corrected chi connectivity index (χ4v) is 2.69. The average Bonchev–Trinajstić information content (AvgIpc) is 2.75. The van der Waals surface area contributed by atoms with Crippen LogP contribution in [0, 0.1) is 0 Å². The quantitative estimate of drug-likeness (QED) is 0.609. The van der Waals surface area contributed by atoms with Gasteiger partial charge in [-0.1, -0.05) is 42.5 Å². The standard InChI is InChI=1S/C23H22N2O4/c1-16(18-9-4-3-5-10-18)25-22(26)17(2)28-23(27)20-12-6-7-13-21(20)29-19-11-8-14-24-15-19/h3-17H,1-2H3,(H,25,26). The van der Waals surface area contributed by atoms with E-state index < -0.39 is 12.1 Å². The summed E-state index contributed by atoms with van der Waals surface area (Å²) in [7, 11) is 0. The highest BCUT2D eigenvalue weighted by atomic mass is 16.5. The summed E-state index contributed by atoms with van der Waals surface area (Å²) in [6.07, 6.45) is 2.22. The van der Waals surface area contributed by atoms with E-state index in [2.05, 4.69) is 10.3 Å². The first-order chi connectivity index (χ1) is 14.0. The van der Waals surface area contributed by atoms with E-state index in [1.54, 1.807) is 48.8 Å². The van der Waals surface area contributed by atoms with Crippen LogP contribution in [0.1, 0.15) is 35.8 Å². The molecular formula is C23H22N2O4. The number of carbonyl (C=O) groups excluding carboxylic acids is 2. The van der Waals surface area contributed by atoms with Gasteiger partial charge in [0, 0.05) is 6.20 Å².